The van der Waals surface area contributed by atoms with E-state index in [1.54, 1.807) is 30.3 Å². The lowest BCUT2D eigenvalue weighted by atomic mass is 9.87. The molecule has 0 saturated heterocycles. The second kappa shape index (κ2) is 9.13. The van der Waals surface area contributed by atoms with Gasteiger partial charge < -0.3 is 0 Å². The van der Waals surface area contributed by atoms with Gasteiger partial charge in [0.25, 0.3) is 0 Å². The third kappa shape index (κ3) is 4.46. The maximum absolute atomic E-state index is 14.8. The molecule has 4 rings (SSSR count). The van der Waals surface area contributed by atoms with Crippen LogP contribution in [-0.4, -0.2) is 0 Å². The Morgan fingerprint density at radius 1 is 0.806 bits per heavy atom. The quantitative estimate of drug-likeness (QED) is 0.388. The molecule has 0 saturated carbocycles. The molecule has 0 fully saturated rings. The molecule has 0 radical (unpaired) electrons. The van der Waals surface area contributed by atoms with Crippen LogP contribution in [0.4, 0.5) is 13.2 Å². The molecule has 1 atom stereocenters. The molecule has 160 valence electrons. The van der Waals surface area contributed by atoms with Crippen molar-refractivity contribution in [2.75, 3.05) is 0 Å². The van der Waals surface area contributed by atoms with Gasteiger partial charge in [-0.15, -0.1) is 0 Å². The topological polar surface area (TPSA) is 0 Å². The van der Waals surface area contributed by atoms with E-state index in [9.17, 15) is 13.2 Å². The van der Waals surface area contributed by atoms with Crippen molar-refractivity contribution in [3.63, 3.8) is 0 Å². The predicted molar refractivity (Wildman–Crippen MR) is 122 cm³/mol. The Balaban J connectivity index is 1.59. The van der Waals surface area contributed by atoms with Crippen LogP contribution in [0.3, 0.4) is 0 Å². The summed E-state index contributed by atoms with van der Waals surface area (Å²) in [5.74, 6) is -1.15. The lowest BCUT2D eigenvalue weighted by Crippen LogP contribution is -2.02. The average molecular weight is 421 g/mol. The SMILES string of the molecule is CCCc1ccc(-c2ccc(-c3ccc(C4=CCC(C)CC4)c(F)c3)cc2)c(F)c1F. The predicted octanol–water partition coefficient (Wildman–Crippen LogP) is 8.59. The van der Waals surface area contributed by atoms with Crippen LogP contribution in [0.1, 0.15) is 50.7 Å². The summed E-state index contributed by atoms with van der Waals surface area (Å²) in [5, 5.41) is 0. The number of rotatable bonds is 5. The molecule has 31 heavy (non-hydrogen) atoms. The zero-order valence-corrected chi connectivity index (χ0v) is 18.0. The summed E-state index contributed by atoms with van der Waals surface area (Å²) in [4.78, 5) is 0. The van der Waals surface area contributed by atoms with Crippen LogP contribution in [0, 0.1) is 23.4 Å². The van der Waals surface area contributed by atoms with Gasteiger partial charge in [-0.2, -0.15) is 0 Å². The van der Waals surface area contributed by atoms with E-state index >= 15 is 0 Å². The fourth-order valence-corrected chi connectivity index (χ4v) is 4.28. The zero-order valence-electron chi connectivity index (χ0n) is 18.0. The van der Waals surface area contributed by atoms with Crippen molar-refractivity contribution in [3.05, 3.63) is 89.3 Å². The Bertz CT molecular complexity index is 1110. The molecule has 1 aliphatic rings. The summed E-state index contributed by atoms with van der Waals surface area (Å²) in [6, 6.07) is 15.8. The lowest BCUT2D eigenvalue weighted by Gasteiger charge is -2.19. The molecule has 3 heteroatoms. The Morgan fingerprint density at radius 3 is 2.13 bits per heavy atom. The van der Waals surface area contributed by atoms with E-state index in [0.717, 1.165) is 42.4 Å². The van der Waals surface area contributed by atoms with Gasteiger partial charge in [0.1, 0.15) is 5.82 Å². The maximum atomic E-state index is 14.8. The van der Waals surface area contributed by atoms with Crippen molar-refractivity contribution in [1.29, 1.82) is 0 Å². The van der Waals surface area contributed by atoms with Crippen molar-refractivity contribution in [3.8, 4) is 22.3 Å². The fourth-order valence-electron chi connectivity index (χ4n) is 4.28. The van der Waals surface area contributed by atoms with E-state index in [-0.39, 0.29) is 11.4 Å². The zero-order chi connectivity index (χ0) is 22.0. The number of hydrogen-bond acceptors (Lipinski definition) is 0. The fraction of sp³-hybridized carbons (Fsp3) is 0.286. The molecule has 0 aromatic heterocycles. The number of benzene rings is 3. The number of halogens is 3. The minimum Gasteiger partial charge on any atom is -0.206 e. The third-order valence-corrected chi connectivity index (χ3v) is 6.20. The molecule has 0 nitrogen and oxygen atoms in total. The Labute approximate surface area is 182 Å². The molecule has 3 aromatic carbocycles. The molecule has 0 bridgehead atoms. The Morgan fingerprint density at radius 2 is 1.48 bits per heavy atom. The van der Waals surface area contributed by atoms with Crippen molar-refractivity contribution in [2.24, 2.45) is 5.92 Å². The highest BCUT2D eigenvalue weighted by Gasteiger charge is 2.16. The largest absolute Gasteiger partial charge is 0.206 e. The third-order valence-electron chi connectivity index (χ3n) is 6.20. The first-order valence-corrected chi connectivity index (χ1v) is 11.0. The van der Waals surface area contributed by atoms with Crippen LogP contribution in [0.15, 0.2) is 60.7 Å². The summed E-state index contributed by atoms with van der Waals surface area (Å²) in [6.07, 6.45) is 6.42. The molecule has 0 N–H and O–H groups in total. The molecule has 0 aliphatic heterocycles. The molecule has 0 heterocycles. The van der Waals surface area contributed by atoms with E-state index in [0.29, 0.717) is 29.0 Å². The smallest absolute Gasteiger partial charge is 0.166 e. The lowest BCUT2D eigenvalue weighted by molar-refractivity contribution is 0.500. The maximum Gasteiger partial charge on any atom is 0.166 e. The van der Waals surface area contributed by atoms with Crippen LogP contribution < -0.4 is 0 Å². The van der Waals surface area contributed by atoms with Gasteiger partial charge in [-0.1, -0.05) is 74.9 Å². The van der Waals surface area contributed by atoms with Gasteiger partial charge in [-0.3, -0.25) is 0 Å². The number of aryl methyl sites for hydroxylation is 1. The molecular formula is C28H27F3. The monoisotopic (exact) mass is 420 g/mol. The van der Waals surface area contributed by atoms with Crippen LogP contribution in [0.2, 0.25) is 0 Å². The summed E-state index contributed by atoms with van der Waals surface area (Å²) in [7, 11) is 0. The van der Waals surface area contributed by atoms with Crippen LogP contribution >= 0.6 is 0 Å². The Hall–Kier alpha value is -2.81. The van der Waals surface area contributed by atoms with Gasteiger partial charge in [-0.05, 0) is 65.5 Å². The van der Waals surface area contributed by atoms with Gasteiger partial charge in [-0.25, -0.2) is 13.2 Å². The van der Waals surface area contributed by atoms with Gasteiger partial charge in [0.15, 0.2) is 11.6 Å². The summed E-state index contributed by atoms with van der Waals surface area (Å²) in [6.45, 7) is 4.15. The average Bonchev–Trinajstić information content (AvgIpc) is 2.78. The van der Waals surface area contributed by atoms with Gasteiger partial charge in [0.2, 0.25) is 0 Å². The van der Waals surface area contributed by atoms with E-state index in [1.165, 1.54) is 0 Å². The minimum atomic E-state index is -0.816. The molecule has 1 aliphatic carbocycles. The normalized spacial score (nSPS) is 16.3. The highest BCUT2D eigenvalue weighted by atomic mass is 19.2. The molecular weight excluding hydrogens is 393 g/mol. The van der Waals surface area contributed by atoms with Crippen molar-refractivity contribution in [1.82, 2.24) is 0 Å². The first kappa shape index (κ1) is 21.4. The van der Waals surface area contributed by atoms with E-state index < -0.39 is 11.6 Å². The first-order chi connectivity index (χ1) is 15.0. The Kier molecular flexibility index (Phi) is 6.31. The van der Waals surface area contributed by atoms with E-state index in [4.69, 9.17) is 0 Å². The van der Waals surface area contributed by atoms with E-state index in [1.807, 2.05) is 31.2 Å². The van der Waals surface area contributed by atoms with Crippen molar-refractivity contribution >= 4 is 5.57 Å². The number of allylic oxidation sites excluding steroid dienone is 2. The van der Waals surface area contributed by atoms with Gasteiger partial charge in [0, 0.05) is 11.1 Å². The van der Waals surface area contributed by atoms with Gasteiger partial charge >= 0.3 is 0 Å². The summed E-state index contributed by atoms with van der Waals surface area (Å²) < 4.78 is 43.7. The number of hydrogen-bond donors (Lipinski definition) is 0. The second-order valence-electron chi connectivity index (χ2n) is 8.53. The molecule has 3 aromatic rings. The summed E-state index contributed by atoms with van der Waals surface area (Å²) in [5.41, 5.74) is 4.61. The van der Waals surface area contributed by atoms with Crippen LogP contribution in [-0.2, 0) is 6.42 Å². The molecule has 0 spiro atoms. The highest BCUT2D eigenvalue weighted by Crippen LogP contribution is 2.34. The minimum absolute atomic E-state index is 0.220. The standard InChI is InChI=1S/C28H27F3/c1-3-4-22-13-16-25(28(31)27(22)30)21-11-9-19(10-12-21)23-14-15-24(26(29)17-23)20-7-5-18(2)6-8-20/h7,9-18H,3-6,8H2,1-2H3. The van der Waals surface area contributed by atoms with Crippen LogP contribution in [0.25, 0.3) is 27.8 Å². The molecule has 0 amide bonds. The van der Waals surface area contributed by atoms with Crippen LogP contribution in [0.5, 0.6) is 0 Å². The van der Waals surface area contributed by atoms with Gasteiger partial charge in [0.05, 0.1) is 0 Å². The first-order valence-electron chi connectivity index (χ1n) is 11.0. The highest BCUT2D eigenvalue weighted by molar-refractivity contribution is 5.74. The van der Waals surface area contributed by atoms with Crippen molar-refractivity contribution in [2.45, 2.75) is 46.0 Å². The van der Waals surface area contributed by atoms with E-state index in [2.05, 4.69) is 13.0 Å². The summed E-state index contributed by atoms with van der Waals surface area (Å²) >= 11 is 0. The molecule has 1 unspecified atom stereocenters. The second-order valence-corrected chi connectivity index (χ2v) is 8.53. The van der Waals surface area contributed by atoms with Crippen molar-refractivity contribution < 1.29 is 13.2 Å².